The lowest BCUT2D eigenvalue weighted by atomic mass is 10.0. The van der Waals surface area contributed by atoms with Gasteiger partial charge in [0.1, 0.15) is 0 Å². The quantitative estimate of drug-likeness (QED) is 0.524. The topological polar surface area (TPSA) is 17.1 Å². The molecule has 0 aliphatic heterocycles. The van der Waals surface area contributed by atoms with Crippen molar-refractivity contribution in [2.75, 3.05) is 0 Å². The van der Waals surface area contributed by atoms with E-state index in [1.807, 2.05) is 30.3 Å². The van der Waals surface area contributed by atoms with E-state index >= 15 is 0 Å². The van der Waals surface area contributed by atoms with E-state index in [4.69, 9.17) is 11.6 Å². The summed E-state index contributed by atoms with van der Waals surface area (Å²) in [5, 5.41) is 0.731. The highest BCUT2D eigenvalue weighted by Gasteiger charge is 2.12. The summed E-state index contributed by atoms with van der Waals surface area (Å²) in [5.74, 6) is 0.312. The second-order valence-corrected chi connectivity index (χ2v) is 4.64. The molecule has 0 amide bonds. The standard InChI is InChI=1S/C14H15ClO/c15-13-8-6-11(7-9-13)10-12-4-2-1-3-5-14(12)16/h6-10H,1-5H2/b12-10+. The number of rotatable bonds is 1. The average Bonchev–Trinajstić information content (AvgIpc) is 2.48. The first-order valence-corrected chi connectivity index (χ1v) is 6.13. The number of carbonyl (C=O) groups is 1. The van der Waals surface area contributed by atoms with Gasteiger partial charge in [0.05, 0.1) is 0 Å². The zero-order chi connectivity index (χ0) is 11.4. The fraction of sp³-hybridized carbons (Fsp3) is 0.357. The Morgan fingerprint density at radius 1 is 1.00 bits per heavy atom. The lowest BCUT2D eigenvalue weighted by Gasteiger charge is -2.01. The summed E-state index contributed by atoms with van der Waals surface area (Å²) in [6, 6.07) is 7.62. The lowest BCUT2D eigenvalue weighted by Crippen LogP contribution is -1.98. The number of benzene rings is 1. The molecule has 1 aliphatic carbocycles. The van der Waals surface area contributed by atoms with Gasteiger partial charge in [-0.15, -0.1) is 0 Å². The van der Waals surface area contributed by atoms with E-state index in [0.717, 1.165) is 35.4 Å². The molecule has 1 aromatic rings. The van der Waals surface area contributed by atoms with Crippen LogP contribution in [0.2, 0.25) is 5.02 Å². The Hall–Kier alpha value is -1.08. The number of halogens is 1. The molecule has 1 aromatic carbocycles. The van der Waals surface area contributed by atoms with Crippen molar-refractivity contribution in [2.24, 2.45) is 0 Å². The van der Waals surface area contributed by atoms with Gasteiger partial charge in [0, 0.05) is 11.4 Å². The minimum atomic E-state index is 0.312. The van der Waals surface area contributed by atoms with E-state index in [1.54, 1.807) is 0 Å². The van der Waals surface area contributed by atoms with Crippen LogP contribution < -0.4 is 0 Å². The Labute approximate surface area is 101 Å². The van der Waals surface area contributed by atoms with Gasteiger partial charge in [-0.3, -0.25) is 4.79 Å². The monoisotopic (exact) mass is 234 g/mol. The molecule has 0 bridgehead atoms. The third kappa shape index (κ3) is 2.96. The molecule has 16 heavy (non-hydrogen) atoms. The fourth-order valence-electron chi connectivity index (χ4n) is 1.99. The predicted octanol–water partition coefficient (Wildman–Crippen LogP) is 4.26. The van der Waals surface area contributed by atoms with Crippen LogP contribution in [0.1, 0.15) is 37.7 Å². The maximum atomic E-state index is 11.8. The smallest absolute Gasteiger partial charge is 0.158 e. The minimum Gasteiger partial charge on any atom is -0.295 e. The van der Waals surface area contributed by atoms with Gasteiger partial charge in [-0.25, -0.2) is 0 Å². The summed E-state index contributed by atoms with van der Waals surface area (Å²) in [6.07, 6.45) is 6.97. The van der Waals surface area contributed by atoms with E-state index in [0.29, 0.717) is 12.2 Å². The average molecular weight is 235 g/mol. The van der Waals surface area contributed by atoms with Crippen molar-refractivity contribution < 1.29 is 4.79 Å². The van der Waals surface area contributed by atoms with E-state index in [1.165, 1.54) is 6.42 Å². The van der Waals surface area contributed by atoms with E-state index < -0.39 is 0 Å². The van der Waals surface area contributed by atoms with Gasteiger partial charge in [-0.2, -0.15) is 0 Å². The number of hydrogen-bond donors (Lipinski definition) is 0. The Kier molecular flexibility index (Phi) is 3.79. The summed E-state index contributed by atoms with van der Waals surface area (Å²) in [4.78, 5) is 11.8. The first-order chi connectivity index (χ1) is 7.75. The number of Topliss-reactive ketones (excluding diaryl/α,β-unsaturated/α-hetero) is 1. The van der Waals surface area contributed by atoms with Gasteiger partial charge in [0.2, 0.25) is 0 Å². The van der Waals surface area contributed by atoms with Crippen molar-refractivity contribution in [2.45, 2.75) is 32.1 Å². The lowest BCUT2D eigenvalue weighted by molar-refractivity contribution is -0.115. The molecule has 2 heteroatoms. The van der Waals surface area contributed by atoms with E-state index in [2.05, 4.69) is 0 Å². The first kappa shape index (κ1) is 11.4. The van der Waals surface area contributed by atoms with E-state index in [9.17, 15) is 4.79 Å². The van der Waals surface area contributed by atoms with Crippen LogP contribution in [-0.4, -0.2) is 5.78 Å². The summed E-state index contributed by atoms with van der Waals surface area (Å²) >= 11 is 5.82. The third-order valence-electron chi connectivity index (χ3n) is 2.92. The zero-order valence-corrected chi connectivity index (χ0v) is 9.96. The number of hydrogen-bond acceptors (Lipinski definition) is 1. The van der Waals surface area contributed by atoms with Crippen molar-refractivity contribution in [1.29, 1.82) is 0 Å². The SMILES string of the molecule is O=C1CCCCC/C1=C\c1ccc(Cl)cc1. The van der Waals surface area contributed by atoms with Gasteiger partial charge in [-0.05, 0) is 48.6 Å². The molecule has 1 saturated carbocycles. The van der Waals surface area contributed by atoms with Gasteiger partial charge < -0.3 is 0 Å². The van der Waals surface area contributed by atoms with Crippen LogP contribution in [0.15, 0.2) is 29.8 Å². The van der Waals surface area contributed by atoms with Gasteiger partial charge >= 0.3 is 0 Å². The van der Waals surface area contributed by atoms with Gasteiger partial charge in [-0.1, -0.05) is 30.2 Å². The van der Waals surface area contributed by atoms with Crippen molar-refractivity contribution in [3.05, 3.63) is 40.4 Å². The normalized spacial score (nSPS) is 19.8. The van der Waals surface area contributed by atoms with Gasteiger partial charge in [0.15, 0.2) is 5.78 Å². The molecule has 1 fully saturated rings. The summed E-state index contributed by atoms with van der Waals surface area (Å²) in [5.41, 5.74) is 2.04. The van der Waals surface area contributed by atoms with Crippen LogP contribution in [0.25, 0.3) is 6.08 Å². The molecule has 0 atom stereocenters. The molecule has 0 aromatic heterocycles. The molecule has 2 rings (SSSR count). The van der Waals surface area contributed by atoms with Crippen LogP contribution in [0.4, 0.5) is 0 Å². The Bertz CT molecular complexity index is 403. The van der Waals surface area contributed by atoms with Crippen LogP contribution in [-0.2, 0) is 4.79 Å². The third-order valence-corrected chi connectivity index (χ3v) is 3.17. The van der Waals surface area contributed by atoms with Gasteiger partial charge in [0.25, 0.3) is 0 Å². The summed E-state index contributed by atoms with van der Waals surface area (Å²) < 4.78 is 0. The second-order valence-electron chi connectivity index (χ2n) is 4.20. The Morgan fingerprint density at radius 3 is 2.44 bits per heavy atom. The molecule has 0 spiro atoms. The van der Waals surface area contributed by atoms with Crippen LogP contribution in [0.5, 0.6) is 0 Å². The Morgan fingerprint density at radius 2 is 1.69 bits per heavy atom. The van der Waals surface area contributed by atoms with Crippen LogP contribution in [0, 0.1) is 0 Å². The minimum absolute atomic E-state index is 0.312. The molecule has 0 saturated heterocycles. The summed E-state index contributed by atoms with van der Waals surface area (Å²) in [7, 11) is 0. The predicted molar refractivity (Wildman–Crippen MR) is 67.5 cm³/mol. The van der Waals surface area contributed by atoms with Crippen molar-refractivity contribution in [1.82, 2.24) is 0 Å². The molecular weight excluding hydrogens is 220 g/mol. The second kappa shape index (κ2) is 5.31. The highest BCUT2D eigenvalue weighted by Crippen LogP contribution is 2.22. The molecule has 1 nitrogen and oxygen atoms in total. The van der Waals surface area contributed by atoms with Crippen molar-refractivity contribution in [3.63, 3.8) is 0 Å². The number of carbonyl (C=O) groups excluding carboxylic acids is 1. The Balaban J connectivity index is 2.21. The molecule has 1 aliphatic rings. The van der Waals surface area contributed by atoms with Crippen LogP contribution >= 0.6 is 11.6 Å². The highest BCUT2D eigenvalue weighted by molar-refractivity contribution is 6.30. The zero-order valence-electron chi connectivity index (χ0n) is 9.21. The number of ketones is 1. The fourth-order valence-corrected chi connectivity index (χ4v) is 2.12. The summed E-state index contributed by atoms with van der Waals surface area (Å²) in [6.45, 7) is 0. The number of allylic oxidation sites excluding steroid dienone is 1. The molecule has 0 N–H and O–H groups in total. The maximum Gasteiger partial charge on any atom is 0.158 e. The van der Waals surface area contributed by atoms with Crippen molar-refractivity contribution >= 4 is 23.5 Å². The van der Waals surface area contributed by atoms with Crippen LogP contribution in [0.3, 0.4) is 0 Å². The van der Waals surface area contributed by atoms with E-state index in [-0.39, 0.29) is 0 Å². The maximum absolute atomic E-state index is 11.8. The molecule has 0 unspecified atom stereocenters. The molecule has 0 radical (unpaired) electrons. The van der Waals surface area contributed by atoms with Crippen molar-refractivity contribution in [3.8, 4) is 0 Å². The largest absolute Gasteiger partial charge is 0.295 e. The highest BCUT2D eigenvalue weighted by atomic mass is 35.5. The molecule has 0 heterocycles. The first-order valence-electron chi connectivity index (χ1n) is 5.75. The molecular formula is C14H15ClO. The molecule has 84 valence electrons.